The second kappa shape index (κ2) is 46.4. The zero-order chi connectivity index (χ0) is 90.9. The fourth-order valence-corrected chi connectivity index (χ4v) is 17.3. The number of methoxy groups -OCH3 is 3. The number of hydrogen-bond donors (Lipinski definition) is 5. The van der Waals surface area contributed by atoms with Crippen LogP contribution in [0.1, 0.15) is 198 Å². The summed E-state index contributed by atoms with van der Waals surface area (Å²) in [4.78, 5) is 102. The summed E-state index contributed by atoms with van der Waals surface area (Å²) in [7, 11) is 4.16. The van der Waals surface area contributed by atoms with Gasteiger partial charge in [0.2, 0.25) is 0 Å². The van der Waals surface area contributed by atoms with E-state index < -0.39 is 52.9 Å². The van der Waals surface area contributed by atoms with Gasteiger partial charge in [-0.3, -0.25) is 38.4 Å². The molecule has 5 heterocycles. The van der Waals surface area contributed by atoms with E-state index >= 15 is 0 Å². The van der Waals surface area contributed by atoms with Gasteiger partial charge in [-0.05, 0) is 247 Å². The molecule has 123 heavy (non-hydrogen) atoms. The second-order valence-electron chi connectivity index (χ2n) is 34.0. The van der Waals surface area contributed by atoms with Crippen molar-refractivity contribution in [1.29, 1.82) is 0 Å². The summed E-state index contributed by atoms with van der Waals surface area (Å²) in [6.45, 7) is 29.2. The number of fused-ring (bicyclic) bond motifs is 5. The number of aromatic hydroxyl groups is 3. The van der Waals surface area contributed by atoms with Gasteiger partial charge in [0.15, 0.2) is 34.7 Å². The summed E-state index contributed by atoms with van der Waals surface area (Å²) in [6, 6.07) is 20.4. The number of ether oxygens (including phenoxy) is 15. The molecular formula is C94H130O29. The number of hydrogen-bond acceptors (Lipinski definition) is 28. The number of rotatable bonds is 24. The number of aliphatic hydroxyl groups excluding tert-OH is 1. The van der Waals surface area contributed by atoms with E-state index in [1.54, 1.807) is 87.5 Å². The van der Waals surface area contributed by atoms with E-state index in [1.165, 1.54) is 32.5 Å². The third-order valence-electron chi connectivity index (χ3n) is 22.7. The van der Waals surface area contributed by atoms with Crippen LogP contribution in [0.2, 0.25) is 0 Å². The Balaban J connectivity index is 0.000000200. The van der Waals surface area contributed by atoms with Crippen LogP contribution in [0.5, 0.6) is 17.2 Å². The average Bonchev–Trinajstić information content (AvgIpc) is 1.67. The molecule has 5 N–H and O–H groups in total. The van der Waals surface area contributed by atoms with Crippen LogP contribution in [0, 0.1) is 35.5 Å². The lowest BCUT2D eigenvalue weighted by atomic mass is 9.93. The summed E-state index contributed by atoms with van der Waals surface area (Å²) in [5.74, 6) is -4.45. The molecule has 3 aromatic carbocycles. The van der Waals surface area contributed by atoms with Gasteiger partial charge in [-0.15, -0.1) is 0 Å². The molecule has 3 aromatic rings. The zero-order valence-electron chi connectivity index (χ0n) is 74.5. The lowest BCUT2D eigenvalue weighted by molar-refractivity contribution is -0.164. The van der Waals surface area contributed by atoms with Gasteiger partial charge < -0.3 is 101 Å². The number of esters is 5. The van der Waals surface area contributed by atoms with Crippen LogP contribution < -0.4 is 0 Å². The van der Waals surface area contributed by atoms with Gasteiger partial charge in [0.1, 0.15) is 60.3 Å². The summed E-state index contributed by atoms with van der Waals surface area (Å²) in [6.07, 6.45) is 17.6. The normalized spacial score (nSPS) is 29.0. The highest BCUT2D eigenvalue weighted by Gasteiger charge is 2.56. The second-order valence-corrected chi connectivity index (χ2v) is 34.0. The van der Waals surface area contributed by atoms with Crippen molar-refractivity contribution in [3.8, 4) is 17.2 Å². The Morgan fingerprint density at radius 3 is 0.976 bits per heavy atom. The lowest BCUT2D eigenvalue weighted by Crippen LogP contribution is -2.28. The number of aliphatic carboxylic acids is 1. The van der Waals surface area contributed by atoms with Crippen molar-refractivity contribution in [1.82, 2.24) is 0 Å². The van der Waals surface area contributed by atoms with Crippen molar-refractivity contribution in [2.75, 3.05) is 41.2 Å². The first-order valence-electron chi connectivity index (χ1n) is 42.3. The average molecular weight is 1720 g/mol. The number of ketones is 1. The highest BCUT2D eigenvalue weighted by molar-refractivity contribution is 5.91. The third kappa shape index (κ3) is 30.2. The molecule has 0 radical (unpaired) electrons. The molecule has 10 aliphatic rings. The number of phenols is 3. The number of carbonyl (C=O) groups excluding carboxylic acids is 8. The summed E-state index contributed by atoms with van der Waals surface area (Å²) < 4.78 is 82.5. The number of benzene rings is 3. The summed E-state index contributed by atoms with van der Waals surface area (Å²) in [5.41, 5.74) is 8.01. The molecule has 680 valence electrons. The number of aldehydes is 2. The van der Waals surface area contributed by atoms with Gasteiger partial charge >= 0.3 is 35.8 Å². The molecule has 0 bridgehead atoms. The van der Waals surface area contributed by atoms with Crippen LogP contribution in [0.4, 0.5) is 0 Å². The van der Waals surface area contributed by atoms with E-state index in [0.29, 0.717) is 69.7 Å². The highest BCUT2D eigenvalue weighted by atomic mass is 16.8. The van der Waals surface area contributed by atoms with Crippen molar-refractivity contribution in [2.24, 2.45) is 35.5 Å². The van der Waals surface area contributed by atoms with Crippen molar-refractivity contribution < 1.29 is 140 Å². The molecule has 0 aromatic heterocycles. The number of Topliss-reactive ketones (excluding diaryl/α,β-unsaturated/α-hetero) is 1. The maximum absolute atomic E-state index is 12.2. The van der Waals surface area contributed by atoms with Crippen molar-refractivity contribution in [2.45, 2.75) is 290 Å². The Morgan fingerprint density at radius 1 is 0.407 bits per heavy atom. The minimum Gasteiger partial charge on any atom is -0.508 e. The smallest absolute Gasteiger partial charge is 0.306 e. The molecule has 0 unspecified atom stereocenters. The van der Waals surface area contributed by atoms with Crippen molar-refractivity contribution in [3.05, 3.63) is 148 Å². The third-order valence-corrected chi connectivity index (χ3v) is 22.7. The fraction of sp³-hybridized carbons (Fsp3) is 0.606. The van der Waals surface area contributed by atoms with E-state index in [9.17, 15) is 53.4 Å². The number of phenolic OH excluding ortho intramolecular Hbond substituents is 3. The topological polar surface area (TPSA) is 393 Å². The first-order chi connectivity index (χ1) is 58.1. The van der Waals surface area contributed by atoms with Crippen LogP contribution >= 0.6 is 0 Å². The van der Waals surface area contributed by atoms with Crippen molar-refractivity contribution >= 4 is 54.2 Å². The van der Waals surface area contributed by atoms with Gasteiger partial charge in [-0.25, -0.2) is 0 Å². The predicted molar refractivity (Wildman–Crippen MR) is 450 cm³/mol. The van der Waals surface area contributed by atoms with Crippen LogP contribution in [0.3, 0.4) is 0 Å². The Morgan fingerprint density at radius 2 is 0.691 bits per heavy atom. The number of carboxylic acids is 1. The maximum Gasteiger partial charge on any atom is 0.306 e. The van der Waals surface area contributed by atoms with Crippen LogP contribution in [0.25, 0.3) is 0 Å². The molecule has 29 nitrogen and oxygen atoms in total. The van der Waals surface area contributed by atoms with Gasteiger partial charge in [-0.1, -0.05) is 66.8 Å². The summed E-state index contributed by atoms with van der Waals surface area (Å²) >= 11 is 0. The van der Waals surface area contributed by atoms with E-state index in [-0.39, 0.29) is 170 Å². The van der Waals surface area contributed by atoms with Gasteiger partial charge in [0.25, 0.3) is 0 Å². The Labute approximate surface area is 722 Å². The number of carboxylic acid groups (broad SMARTS) is 1. The highest BCUT2D eigenvalue weighted by Crippen LogP contribution is 2.50. The Bertz CT molecular complexity index is 4100. The zero-order valence-corrected chi connectivity index (χ0v) is 74.5. The molecule has 5 saturated heterocycles. The minimum atomic E-state index is -0.761. The molecule has 5 saturated carbocycles. The number of carbonyl (C=O) groups is 9. The van der Waals surface area contributed by atoms with Crippen LogP contribution in [-0.4, -0.2) is 211 Å². The molecule has 10 fully saturated rings. The SMILES string of the molecule is C/C=C(/C=O)[C@H](CC=O)CC(=O)OCCc1ccc(O)cc1.C/C=C1\[C@@H](CC(=O)O)C[C@@H]2OC(C)(C)O[C@H]12.C/C=C1\[C@@H](CC(=O)OC)C[C@@H]2OC(C)(C)O[C@H]12.C/C=C1\[C@@H](CC(=O)OC)C[C@@H]2OC(C)(C)O[C@H]12.C/C=C1\[C@@H](CC(=O)OCCc2ccc(O)cc2)C[C@@H]2OC(C)(C)O[C@H]12.COC(=O)C[C@H]1C[C@@H]2OC(C)(C)O[C@@H]2C1=O.OCCc1ccc(O)cc1. The van der Waals surface area contributed by atoms with Crippen LogP contribution in [0.15, 0.2) is 131 Å². The molecule has 29 heteroatoms. The Kier molecular flexibility index (Phi) is 38.2. The standard InChI is InChI=1S/C20H26O5.C17H20O5.2C13H20O4.C12H18O4.C11H16O5.C8H10O2/c1-4-16-14(11-17-19(16)25-20(2,3)24-17)12-18(22)23-10-9-13-5-7-15(21)8-6-13;1-2-14(12-19)15(7-9-18)11-17(21)22-10-8-13-3-5-16(20)6-4-13;2*1-5-9-8(7-11(14)15-4)6-10-12(9)17-13(2,3)16-10;1-4-8-7(6-10(13)14)5-9-11(8)16-12(2,3)15-9;1-11(2)15-7-4-6(5-8(12)14-3)9(13)10(7)16-11;9-6-5-7-1-3-8(10)4-2-7/h4-8,14,17,19,21H,9-12H2,1-3H3;2-6,9,12,15,20H,7-8,10-11H2,1H3;2*5,8,10,12H,6-7H2,1-4H3;4,7,9,11H,5-6H2,1-3H3,(H,13,14);6-7,10H,4-5H2,1-3H3;1-4,9-10H,5-6H2/b16-4+;14-2-;2*9-5+;8-4+;;/t14-,17+,19-;15-;2*8-,10+,12-;7-,9+,11-;6-,7+,10+;/m111111./s1. The molecule has 13 rings (SSSR count). The van der Waals surface area contributed by atoms with Crippen molar-refractivity contribution in [3.63, 3.8) is 0 Å². The molecular weight excluding hydrogens is 1590 g/mol. The fourth-order valence-electron chi connectivity index (χ4n) is 17.3. The number of allylic oxidation sites excluding steroid dienone is 6. The first kappa shape index (κ1) is 101. The quantitative estimate of drug-likeness (QED) is 0.0183. The molecule has 5 aliphatic heterocycles. The monoisotopic (exact) mass is 1720 g/mol. The Hall–Kier alpha value is -8.85. The van der Waals surface area contributed by atoms with Gasteiger partial charge in [0, 0.05) is 37.7 Å². The van der Waals surface area contributed by atoms with Gasteiger partial charge in [-0.2, -0.15) is 0 Å². The number of aliphatic hydroxyl groups is 1. The largest absolute Gasteiger partial charge is 0.508 e. The first-order valence-corrected chi connectivity index (χ1v) is 42.3. The van der Waals surface area contributed by atoms with E-state index in [2.05, 4.69) is 4.74 Å². The molecule has 5 aliphatic carbocycles. The van der Waals surface area contributed by atoms with E-state index in [4.69, 9.17) is 81.6 Å². The van der Waals surface area contributed by atoms with E-state index in [0.717, 1.165) is 53.5 Å². The molecule has 0 amide bonds. The predicted octanol–water partition coefficient (Wildman–Crippen LogP) is 13.2. The maximum atomic E-state index is 12.2. The summed E-state index contributed by atoms with van der Waals surface area (Å²) in [5, 5.41) is 44.7. The lowest BCUT2D eigenvalue weighted by Gasteiger charge is -2.21. The van der Waals surface area contributed by atoms with E-state index in [1.807, 2.05) is 120 Å². The molecule has 16 atom stereocenters. The van der Waals surface area contributed by atoms with Crippen LogP contribution in [-0.2, 0) is 133 Å². The van der Waals surface area contributed by atoms with Gasteiger partial charge in [0.05, 0.1) is 104 Å². The minimum absolute atomic E-state index is 0.00431. The molecule has 0 spiro atoms.